The van der Waals surface area contributed by atoms with Crippen molar-refractivity contribution in [1.82, 2.24) is 10.4 Å². The van der Waals surface area contributed by atoms with Crippen molar-refractivity contribution in [1.29, 1.82) is 0 Å². The van der Waals surface area contributed by atoms with Crippen LogP contribution in [0, 0.1) is 0 Å². The molecule has 18 heavy (non-hydrogen) atoms. The summed E-state index contributed by atoms with van der Waals surface area (Å²) in [5.41, 5.74) is 3.09. The lowest BCUT2D eigenvalue weighted by atomic mass is 9.84. The lowest BCUT2D eigenvalue weighted by molar-refractivity contribution is -0.137. The Bertz CT molecular complexity index is 423. The van der Waals surface area contributed by atoms with Crippen LogP contribution in [0.5, 0.6) is 0 Å². The van der Waals surface area contributed by atoms with Crippen molar-refractivity contribution in [3.05, 3.63) is 11.3 Å². The first kappa shape index (κ1) is 12.8. The van der Waals surface area contributed by atoms with Gasteiger partial charge in [0, 0.05) is 0 Å². The summed E-state index contributed by atoms with van der Waals surface area (Å²) in [6, 6.07) is 0. The summed E-state index contributed by atoms with van der Waals surface area (Å²) < 4.78 is 4.86. The SMILES string of the molecule is COC(=O)C1=C(C)N=C(NN)N(N)C12CCCC2. The smallest absolute Gasteiger partial charge is 0.338 e. The van der Waals surface area contributed by atoms with Crippen molar-refractivity contribution in [2.75, 3.05) is 7.11 Å². The van der Waals surface area contributed by atoms with Gasteiger partial charge in [-0.25, -0.2) is 21.5 Å². The molecule has 0 bridgehead atoms. The molecule has 0 aromatic heterocycles. The summed E-state index contributed by atoms with van der Waals surface area (Å²) in [6.45, 7) is 1.77. The molecule has 0 unspecified atom stereocenters. The van der Waals surface area contributed by atoms with Crippen LogP contribution in [0.15, 0.2) is 16.3 Å². The molecule has 1 aliphatic heterocycles. The highest BCUT2D eigenvalue weighted by atomic mass is 16.5. The zero-order valence-electron chi connectivity index (χ0n) is 10.7. The van der Waals surface area contributed by atoms with Crippen LogP contribution in [0.1, 0.15) is 32.6 Å². The summed E-state index contributed by atoms with van der Waals surface area (Å²) >= 11 is 0. The molecule has 100 valence electrons. The number of methoxy groups -OCH3 is 1. The molecule has 0 saturated heterocycles. The quantitative estimate of drug-likeness (QED) is 0.338. The lowest BCUT2D eigenvalue weighted by Crippen LogP contribution is -2.63. The van der Waals surface area contributed by atoms with Gasteiger partial charge in [-0.2, -0.15) is 0 Å². The molecule has 1 saturated carbocycles. The van der Waals surface area contributed by atoms with Crippen molar-refractivity contribution in [2.45, 2.75) is 38.1 Å². The number of hydrogen-bond donors (Lipinski definition) is 3. The summed E-state index contributed by atoms with van der Waals surface area (Å²) in [5, 5.41) is 1.47. The topological polar surface area (TPSA) is 106 Å². The number of hydrogen-bond acceptors (Lipinski definition) is 7. The highest BCUT2D eigenvalue weighted by Crippen LogP contribution is 2.43. The van der Waals surface area contributed by atoms with Crippen LogP contribution in [-0.4, -0.2) is 29.6 Å². The largest absolute Gasteiger partial charge is 0.466 e. The summed E-state index contributed by atoms with van der Waals surface area (Å²) in [7, 11) is 1.37. The van der Waals surface area contributed by atoms with E-state index in [1.165, 1.54) is 12.1 Å². The van der Waals surface area contributed by atoms with Gasteiger partial charge in [0.25, 0.3) is 0 Å². The predicted octanol–water partition coefficient (Wildman–Crippen LogP) is -0.245. The van der Waals surface area contributed by atoms with Gasteiger partial charge in [-0.3, -0.25) is 10.4 Å². The predicted molar refractivity (Wildman–Crippen MR) is 66.7 cm³/mol. The third kappa shape index (κ3) is 1.67. The fourth-order valence-corrected chi connectivity index (χ4v) is 2.92. The summed E-state index contributed by atoms with van der Waals surface area (Å²) in [4.78, 5) is 16.2. The molecule has 1 fully saturated rings. The minimum Gasteiger partial charge on any atom is -0.466 e. The van der Waals surface area contributed by atoms with Crippen LogP contribution in [0.25, 0.3) is 0 Å². The second-order valence-corrected chi connectivity index (χ2v) is 4.64. The molecule has 0 amide bonds. The molecule has 5 N–H and O–H groups in total. The van der Waals surface area contributed by atoms with E-state index < -0.39 is 5.54 Å². The van der Waals surface area contributed by atoms with Crippen LogP contribution in [0.4, 0.5) is 0 Å². The highest BCUT2D eigenvalue weighted by molar-refractivity contribution is 5.96. The van der Waals surface area contributed by atoms with Gasteiger partial charge in [-0.1, -0.05) is 12.8 Å². The Kier molecular flexibility index (Phi) is 3.27. The average molecular weight is 253 g/mol. The number of ether oxygens (including phenoxy) is 1. The van der Waals surface area contributed by atoms with E-state index in [-0.39, 0.29) is 5.97 Å². The average Bonchev–Trinajstić information content (AvgIpc) is 2.84. The second-order valence-electron chi connectivity index (χ2n) is 4.64. The number of esters is 1. The van der Waals surface area contributed by atoms with Gasteiger partial charge in [-0.05, 0) is 19.8 Å². The highest BCUT2D eigenvalue weighted by Gasteiger charge is 2.49. The Morgan fingerprint density at radius 2 is 2.11 bits per heavy atom. The lowest BCUT2D eigenvalue weighted by Gasteiger charge is -2.43. The minimum absolute atomic E-state index is 0.371. The summed E-state index contributed by atoms with van der Waals surface area (Å²) in [6.07, 6.45) is 3.62. The number of rotatable bonds is 1. The summed E-state index contributed by atoms with van der Waals surface area (Å²) in [5.74, 6) is 11.5. The number of nitrogens with zero attached hydrogens (tertiary/aromatic N) is 2. The molecule has 7 heteroatoms. The third-order valence-corrected chi connectivity index (χ3v) is 3.74. The van der Waals surface area contributed by atoms with Gasteiger partial charge in [0.15, 0.2) is 0 Å². The number of allylic oxidation sites excluding steroid dienone is 1. The van der Waals surface area contributed by atoms with Crippen molar-refractivity contribution < 1.29 is 9.53 Å². The molecule has 0 aromatic carbocycles. The van der Waals surface area contributed by atoms with E-state index in [9.17, 15) is 4.79 Å². The zero-order valence-corrected chi connectivity index (χ0v) is 10.7. The Labute approximate surface area is 106 Å². The molecule has 2 aliphatic rings. The van der Waals surface area contributed by atoms with E-state index >= 15 is 0 Å². The standard InChI is InChI=1S/C11H19N5O2/c1-7-8(9(17)18-2)11(5-3-4-6-11)16(13)10(14-7)15-12/h3-6,12-13H2,1-2H3,(H,14,15). The van der Waals surface area contributed by atoms with E-state index in [0.717, 1.165) is 25.7 Å². The van der Waals surface area contributed by atoms with Gasteiger partial charge < -0.3 is 4.74 Å². The van der Waals surface area contributed by atoms with Crippen LogP contribution < -0.4 is 17.1 Å². The first-order valence-corrected chi connectivity index (χ1v) is 5.96. The monoisotopic (exact) mass is 253 g/mol. The first-order valence-electron chi connectivity index (χ1n) is 5.96. The fraction of sp³-hybridized carbons (Fsp3) is 0.636. The second kappa shape index (κ2) is 4.58. The van der Waals surface area contributed by atoms with Gasteiger partial charge in [0.2, 0.25) is 5.96 Å². The Hall–Kier alpha value is -1.60. The van der Waals surface area contributed by atoms with Gasteiger partial charge in [0.1, 0.15) is 0 Å². The van der Waals surface area contributed by atoms with Crippen LogP contribution >= 0.6 is 0 Å². The minimum atomic E-state index is -0.541. The molecule has 7 nitrogen and oxygen atoms in total. The Balaban J connectivity index is 2.54. The number of guanidine groups is 1. The number of aliphatic imine (C=N–C) groups is 1. The van der Waals surface area contributed by atoms with Crippen molar-refractivity contribution in [2.24, 2.45) is 16.7 Å². The van der Waals surface area contributed by atoms with E-state index in [4.69, 9.17) is 16.4 Å². The van der Waals surface area contributed by atoms with E-state index in [2.05, 4.69) is 10.4 Å². The molecule has 0 atom stereocenters. The van der Waals surface area contributed by atoms with Gasteiger partial charge in [-0.15, -0.1) is 0 Å². The van der Waals surface area contributed by atoms with E-state index in [0.29, 0.717) is 17.2 Å². The van der Waals surface area contributed by atoms with Crippen LogP contribution in [0.3, 0.4) is 0 Å². The Morgan fingerprint density at radius 1 is 1.50 bits per heavy atom. The Morgan fingerprint density at radius 3 is 2.61 bits per heavy atom. The number of nitrogens with two attached hydrogens (primary N) is 2. The molecule has 2 rings (SSSR count). The molecule has 0 aromatic rings. The third-order valence-electron chi connectivity index (χ3n) is 3.74. The number of carbonyl (C=O) groups is 1. The molecule has 1 heterocycles. The molecule has 1 aliphatic carbocycles. The number of hydrazine groups is 2. The number of nitrogens with one attached hydrogen (secondary N) is 1. The van der Waals surface area contributed by atoms with Crippen molar-refractivity contribution >= 4 is 11.9 Å². The molecular formula is C11H19N5O2. The van der Waals surface area contributed by atoms with Crippen molar-refractivity contribution in [3.63, 3.8) is 0 Å². The van der Waals surface area contributed by atoms with E-state index in [1.807, 2.05) is 0 Å². The molecule has 1 spiro atoms. The maximum Gasteiger partial charge on any atom is 0.338 e. The van der Waals surface area contributed by atoms with Crippen LogP contribution in [0.2, 0.25) is 0 Å². The van der Waals surface area contributed by atoms with Gasteiger partial charge in [0.05, 0.1) is 23.9 Å². The molecular weight excluding hydrogens is 234 g/mol. The number of carbonyl (C=O) groups excluding carboxylic acids is 1. The zero-order chi connectivity index (χ0) is 13.3. The fourth-order valence-electron chi connectivity index (χ4n) is 2.92. The maximum atomic E-state index is 12.0. The molecule has 0 radical (unpaired) electrons. The van der Waals surface area contributed by atoms with Crippen molar-refractivity contribution in [3.8, 4) is 0 Å². The first-order chi connectivity index (χ1) is 8.56. The van der Waals surface area contributed by atoms with E-state index in [1.54, 1.807) is 6.92 Å². The van der Waals surface area contributed by atoms with Gasteiger partial charge >= 0.3 is 5.97 Å². The maximum absolute atomic E-state index is 12.0. The normalized spacial score (nSPS) is 22.2. The van der Waals surface area contributed by atoms with Crippen LogP contribution in [-0.2, 0) is 9.53 Å².